The number of nitrogens with one attached hydrogen (secondary N) is 2. The standard InChI is InChI=1S/C23H18FN5O3/c1-14-5-4-7-17(20(14)28-23(31)16-6-2-3-8-18(16)24)22(30)26-13-19-27-21(29-32-19)15-9-11-25-12-10-15/h2-12H,13H2,1H3,(H,26,30)(H,28,31). The third-order valence-corrected chi connectivity index (χ3v) is 4.68. The molecule has 0 aliphatic heterocycles. The van der Waals surface area contributed by atoms with Crippen LogP contribution in [0, 0.1) is 12.7 Å². The Bertz CT molecular complexity index is 1270. The molecule has 0 atom stereocenters. The fraction of sp³-hybridized carbons (Fsp3) is 0.0870. The molecule has 0 saturated heterocycles. The predicted octanol–water partition coefficient (Wildman–Crippen LogP) is 3.76. The van der Waals surface area contributed by atoms with Gasteiger partial charge in [-0.15, -0.1) is 0 Å². The van der Waals surface area contributed by atoms with Crippen molar-refractivity contribution in [2.45, 2.75) is 13.5 Å². The highest BCUT2D eigenvalue weighted by atomic mass is 19.1. The Hall–Kier alpha value is -4.40. The molecule has 160 valence electrons. The molecule has 2 aromatic heterocycles. The maximum atomic E-state index is 14.0. The molecule has 0 bridgehead atoms. The van der Waals surface area contributed by atoms with Gasteiger partial charge in [0.25, 0.3) is 11.8 Å². The largest absolute Gasteiger partial charge is 0.343 e. The van der Waals surface area contributed by atoms with Crippen molar-refractivity contribution in [2.75, 3.05) is 5.32 Å². The van der Waals surface area contributed by atoms with Gasteiger partial charge in [-0.1, -0.05) is 29.4 Å². The molecule has 2 aromatic carbocycles. The molecule has 0 fully saturated rings. The molecule has 8 nitrogen and oxygen atoms in total. The van der Waals surface area contributed by atoms with E-state index in [9.17, 15) is 14.0 Å². The SMILES string of the molecule is Cc1cccc(C(=O)NCc2nc(-c3ccncc3)no2)c1NC(=O)c1ccccc1F. The second kappa shape index (κ2) is 9.17. The van der Waals surface area contributed by atoms with Gasteiger partial charge in [-0.05, 0) is 42.8 Å². The van der Waals surface area contributed by atoms with Crippen LogP contribution in [0.25, 0.3) is 11.4 Å². The molecule has 0 radical (unpaired) electrons. The van der Waals surface area contributed by atoms with Gasteiger partial charge in [0, 0.05) is 18.0 Å². The molecular formula is C23H18FN5O3. The van der Waals surface area contributed by atoms with E-state index in [4.69, 9.17) is 4.52 Å². The van der Waals surface area contributed by atoms with Crippen LogP contribution in [0.15, 0.2) is 71.5 Å². The Kier molecular flexibility index (Phi) is 5.98. The molecule has 0 spiro atoms. The lowest BCUT2D eigenvalue weighted by molar-refractivity contribution is 0.0947. The first-order valence-corrected chi connectivity index (χ1v) is 9.69. The second-order valence-corrected chi connectivity index (χ2v) is 6.86. The van der Waals surface area contributed by atoms with Crippen LogP contribution >= 0.6 is 0 Å². The lowest BCUT2D eigenvalue weighted by Gasteiger charge is -2.14. The Labute approximate surface area is 182 Å². The van der Waals surface area contributed by atoms with Gasteiger partial charge in [-0.2, -0.15) is 4.98 Å². The number of carbonyl (C=O) groups is 2. The molecule has 4 rings (SSSR count). The van der Waals surface area contributed by atoms with Crippen LogP contribution in [0.3, 0.4) is 0 Å². The zero-order valence-electron chi connectivity index (χ0n) is 17.0. The number of anilines is 1. The van der Waals surface area contributed by atoms with Gasteiger partial charge in [-0.25, -0.2) is 4.39 Å². The molecule has 9 heteroatoms. The summed E-state index contributed by atoms with van der Waals surface area (Å²) in [4.78, 5) is 33.6. The highest BCUT2D eigenvalue weighted by molar-refractivity contribution is 6.09. The lowest BCUT2D eigenvalue weighted by atomic mass is 10.1. The molecule has 4 aromatic rings. The van der Waals surface area contributed by atoms with Gasteiger partial charge < -0.3 is 15.2 Å². The average Bonchev–Trinajstić information content (AvgIpc) is 3.29. The number of halogens is 1. The van der Waals surface area contributed by atoms with Gasteiger partial charge in [0.2, 0.25) is 11.7 Å². The van der Waals surface area contributed by atoms with E-state index in [-0.39, 0.29) is 23.6 Å². The summed E-state index contributed by atoms with van der Waals surface area (Å²) in [5.74, 6) is -1.16. The van der Waals surface area contributed by atoms with E-state index in [2.05, 4.69) is 25.8 Å². The van der Waals surface area contributed by atoms with Gasteiger partial charge in [0.1, 0.15) is 5.82 Å². The highest BCUT2D eigenvalue weighted by Gasteiger charge is 2.19. The highest BCUT2D eigenvalue weighted by Crippen LogP contribution is 2.22. The van der Waals surface area contributed by atoms with Crippen LogP contribution in [-0.2, 0) is 6.54 Å². The molecule has 2 N–H and O–H groups in total. The van der Waals surface area contributed by atoms with E-state index in [0.717, 1.165) is 5.56 Å². The molecular weight excluding hydrogens is 413 g/mol. The van der Waals surface area contributed by atoms with E-state index < -0.39 is 17.6 Å². The number of aromatic nitrogens is 3. The number of nitrogens with zero attached hydrogens (tertiary/aromatic N) is 3. The molecule has 2 amide bonds. The minimum absolute atomic E-state index is 0.00837. The van der Waals surface area contributed by atoms with Crippen molar-refractivity contribution in [3.05, 3.63) is 95.4 Å². The predicted molar refractivity (Wildman–Crippen MR) is 114 cm³/mol. The topological polar surface area (TPSA) is 110 Å². The molecule has 2 heterocycles. The van der Waals surface area contributed by atoms with Crippen molar-refractivity contribution in [3.63, 3.8) is 0 Å². The maximum Gasteiger partial charge on any atom is 0.258 e. The fourth-order valence-corrected chi connectivity index (χ4v) is 3.05. The Morgan fingerprint density at radius 2 is 1.72 bits per heavy atom. The van der Waals surface area contributed by atoms with Gasteiger partial charge in [0.15, 0.2) is 0 Å². The number of aryl methyl sites for hydroxylation is 1. The third kappa shape index (κ3) is 4.51. The zero-order chi connectivity index (χ0) is 22.5. The summed E-state index contributed by atoms with van der Waals surface area (Å²) in [5.41, 5.74) is 1.79. The molecule has 0 aliphatic rings. The number of hydrogen-bond acceptors (Lipinski definition) is 6. The second-order valence-electron chi connectivity index (χ2n) is 6.86. The number of rotatable bonds is 6. The van der Waals surface area contributed by atoms with E-state index in [0.29, 0.717) is 17.1 Å². The molecule has 0 aliphatic carbocycles. The number of hydrogen-bond donors (Lipinski definition) is 2. The average molecular weight is 431 g/mol. The van der Waals surface area contributed by atoms with Crippen molar-refractivity contribution in [2.24, 2.45) is 0 Å². The number of amides is 2. The molecule has 32 heavy (non-hydrogen) atoms. The van der Waals surface area contributed by atoms with E-state index in [1.807, 2.05) is 0 Å². The van der Waals surface area contributed by atoms with Crippen LogP contribution in [0.1, 0.15) is 32.2 Å². The molecule has 0 saturated carbocycles. The zero-order valence-corrected chi connectivity index (χ0v) is 17.0. The Balaban J connectivity index is 1.49. The quantitative estimate of drug-likeness (QED) is 0.481. The Morgan fingerprint density at radius 1 is 0.969 bits per heavy atom. The van der Waals surface area contributed by atoms with E-state index >= 15 is 0 Å². The minimum Gasteiger partial charge on any atom is -0.343 e. The first kappa shape index (κ1) is 20.9. The summed E-state index contributed by atoms with van der Waals surface area (Å²) >= 11 is 0. The number of benzene rings is 2. The van der Waals surface area contributed by atoms with Gasteiger partial charge >= 0.3 is 0 Å². The van der Waals surface area contributed by atoms with Crippen molar-refractivity contribution in [3.8, 4) is 11.4 Å². The van der Waals surface area contributed by atoms with Crippen molar-refractivity contribution >= 4 is 17.5 Å². The maximum absolute atomic E-state index is 14.0. The lowest BCUT2D eigenvalue weighted by Crippen LogP contribution is -2.25. The van der Waals surface area contributed by atoms with Crippen molar-refractivity contribution in [1.29, 1.82) is 0 Å². The summed E-state index contributed by atoms with van der Waals surface area (Å²) in [6, 6.07) is 14.1. The smallest absolute Gasteiger partial charge is 0.258 e. The Morgan fingerprint density at radius 3 is 2.50 bits per heavy atom. The molecule has 0 unspecified atom stereocenters. The van der Waals surface area contributed by atoms with E-state index in [1.165, 1.54) is 18.2 Å². The number of para-hydroxylation sites is 1. The first-order chi connectivity index (χ1) is 15.5. The summed E-state index contributed by atoms with van der Waals surface area (Å²) in [6.45, 7) is 1.73. The van der Waals surface area contributed by atoms with Crippen LogP contribution in [0.2, 0.25) is 0 Å². The minimum atomic E-state index is -0.648. The number of carbonyl (C=O) groups excluding carboxylic acids is 2. The van der Waals surface area contributed by atoms with Gasteiger partial charge in [-0.3, -0.25) is 14.6 Å². The first-order valence-electron chi connectivity index (χ1n) is 9.69. The fourth-order valence-electron chi connectivity index (χ4n) is 3.05. The van der Waals surface area contributed by atoms with Crippen molar-refractivity contribution in [1.82, 2.24) is 20.4 Å². The summed E-state index contributed by atoms with van der Waals surface area (Å²) in [7, 11) is 0. The summed E-state index contributed by atoms with van der Waals surface area (Å²) in [6.07, 6.45) is 3.23. The number of pyridine rings is 1. The van der Waals surface area contributed by atoms with Gasteiger partial charge in [0.05, 0.1) is 23.4 Å². The van der Waals surface area contributed by atoms with Crippen LogP contribution in [0.4, 0.5) is 10.1 Å². The third-order valence-electron chi connectivity index (χ3n) is 4.68. The normalized spacial score (nSPS) is 10.6. The monoisotopic (exact) mass is 431 g/mol. The van der Waals surface area contributed by atoms with Crippen LogP contribution in [-0.4, -0.2) is 26.9 Å². The van der Waals surface area contributed by atoms with E-state index in [1.54, 1.807) is 55.7 Å². The summed E-state index contributed by atoms with van der Waals surface area (Å²) in [5, 5.41) is 9.23. The summed E-state index contributed by atoms with van der Waals surface area (Å²) < 4.78 is 19.2. The van der Waals surface area contributed by atoms with Crippen LogP contribution < -0.4 is 10.6 Å². The van der Waals surface area contributed by atoms with Crippen molar-refractivity contribution < 1.29 is 18.5 Å². The van der Waals surface area contributed by atoms with Crippen LogP contribution in [0.5, 0.6) is 0 Å².